The van der Waals surface area contributed by atoms with Crippen molar-refractivity contribution in [2.45, 2.75) is 0 Å². The predicted molar refractivity (Wildman–Crippen MR) is 91.8 cm³/mol. The van der Waals surface area contributed by atoms with Crippen LogP contribution in [0, 0.1) is 0 Å². The molecule has 0 atom stereocenters. The van der Waals surface area contributed by atoms with Crippen molar-refractivity contribution >= 4 is 22.9 Å². The van der Waals surface area contributed by atoms with Gasteiger partial charge in [-0.2, -0.15) is 15.0 Å². The number of aromatic nitrogens is 5. The highest BCUT2D eigenvalue weighted by Gasteiger charge is 2.18. The van der Waals surface area contributed by atoms with Crippen LogP contribution in [-0.4, -0.2) is 64.9 Å². The quantitative estimate of drug-likeness (QED) is 0.714. The number of benzene rings is 1. The average molecular weight is 325 g/mol. The lowest BCUT2D eigenvalue weighted by molar-refractivity contribution is 0.122. The molecule has 0 amide bonds. The molecule has 0 unspecified atom stereocenters. The van der Waals surface area contributed by atoms with Gasteiger partial charge in [0, 0.05) is 27.2 Å². The lowest BCUT2D eigenvalue weighted by atomic mass is 10.3. The Morgan fingerprint density at radius 3 is 2.54 bits per heavy atom. The summed E-state index contributed by atoms with van der Waals surface area (Å²) in [5, 5.41) is 0. The number of morpholine rings is 1. The Kier molecular flexibility index (Phi) is 3.73. The predicted octanol–water partition coefficient (Wildman–Crippen LogP) is 1.11. The monoisotopic (exact) mass is 325 g/mol. The molecule has 2 aromatic heterocycles. The van der Waals surface area contributed by atoms with Gasteiger partial charge in [0.1, 0.15) is 6.33 Å². The summed E-state index contributed by atoms with van der Waals surface area (Å²) in [6.07, 6.45) is 1.75. The number of hydrogen-bond donors (Lipinski definition) is 0. The van der Waals surface area contributed by atoms with Crippen LogP contribution in [0.2, 0.25) is 0 Å². The van der Waals surface area contributed by atoms with E-state index in [4.69, 9.17) is 4.74 Å². The van der Waals surface area contributed by atoms with Crippen molar-refractivity contribution in [3.63, 3.8) is 0 Å². The zero-order valence-electron chi connectivity index (χ0n) is 13.8. The van der Waals surface area contributed by atoms with Gasteiger partial charge in [-0.1, -0.05) is 12.1 Å². The number of imidazole rings is 1. The van der Waals surface area contributed by atoms with Gasteiger partial charge in [-0.05, 0) is 12.1 Å². The molecule has 0 radical (unpaired) electrons. The van der Waals surface area contributed by atoms with E-state index < -0.39 is 0 Å². The molecule has 3 aromatic rings. The van der Waals surface area contributed by atoms with E-state index in [0.717, 1.165) is 24.1 Å². The van der Waals surface area contributed by atoms with E-state index in [2.05, 4.69) is 24.8 Å². The van der Waals surface area contributed by atoms with Gasteiger partial charge in [0.15, 0.2) is 0 Å². The number of ether oxygens (including phenoxy) is 1. The van der Waals surface area contributed by atoms with E-state index in [-0.39, 0.29) is 0 Å². The third-order valence-electron chi connectivity index (χ3n) is 3.96. The summed E-state index contributed by atoms with van der Waals surface area (Å²) in [5.41, 5.74) is 1.89. The fourth-order valence-electron chi connectivity index (χ4n) is 2.67. The largest absolute Gasteiger partial charge is 0.378 e. The van der Waals surface area contributed by atoms with Crippen LogP contribution in [0.1, 0.15) is 0 Å². The Labute approximate surface area is 139 Å². The third kappa shape index (κ3) is 2.65. The van der Waals surface area contributed by atoms with E-state index in [1.54, 1.807) is 6.33 Å². The van der Waals surface area contributed by atoms with Crippen LogP contribution >= 0.6 is 0 Å². The SMILES string of the molecule is CN(C)c1nc(N2CCOCC2)nc(-n2cnc3ccccc32)n1. The van der Waals surface area contributed by atoms with Crippen LogP contribution in [0.15, 0.2) is 30.6 Å². The summed E-state index contributed by atoms with van der Waals surface area (Å²) in [4.78, 5) is 22.3. The van der Waals surface area contributed by atoms with Crippen molar-refractivity contribution in [3.8, 4) is 5.95 Å². The second kappa shape index (κ2) is 6.04. The zero-order chi connectivity index (χ0) is 16.5. The summed E-state index contributed by atoms with van der Waals surface area (Å²) in [6.45, 7) is 2.93. The van der Waals surface area contributed by atoms with Crippen molar-refractivity contribution in [2.24, 2.45) is 0 Å². The summed E-state index contributed by atoms with van der Waals surface area (Å²) in [7, 11) is 3.85. The molecule has 0 bridgehead atoms. The molecule has 1 saturated heterocycles. The second-order valence-corrected chi connectivity index (χ2v) is 5.83. The number of rotatable bonds is 3. The fraction of sp³-hybridized carbons (Fsp3) is 0.375. The minimum Gasteiger partial charge on any atom is -0.378 e. The maximum absolute atomic E-state index is 5.42. The lowest BCUT2D eigenvalue weighted by Gasteiger charge is -2.27. The van der Waals surface area contributed by atoms with Gasteiger partial charge in [0.2, 0.25) is 17.8 Å². The highest BCUT2D eigenvalue weighted by Crippen LogP contribution is 2.20. The Hall–Kier alpha value is -2.74. The topological polar surface area (TPSA) is 72.2 Å². The molecular formula is C16H19N7O. The van der Waals surface area contributed by atoms with E-state index >= 15 is 0 Å². The van der Waals surface area contributed by atoms with Crippen molar-refractivity contribution in [3.05, 3.63) is 30.6 Å². The molecule has 1 fully saturated rings. The highest BCUT2D eigenvalue weighted by molar-refractivity contribution is 5.76. The first-order chi connectivity index (χ1) is 11.7. The molecule has 0 saturated carbocycles. The van der Waals surface area contributed by atoms with Gasteiger partial charge in [-0.3, -0.25) is 4.57 Å². The van der Waals surface area contributed by atoms with E-state index in [1.165, 1.54) is 0 Å². The molecular weight excluding hydrogens is 306 g/mol. The van der Waals surface area contributed by atoms with Crippen molar-refractivity contribution in [2.75, 3.05) is 50.2 Å². The van der Waals surface area contributed by atoms with Crippen LogP contribution in [0.4, 0.5) is 11.9 Å². The maximum Gasteiger partial charge on any atom is 0.242 e. The summed E-state index contributed by atoms with van der Waals surface area (Å²) < 4.78 is 7.32. The van der Waals surface area contributed by atoms with Crippen molar-refractivity contribution < 1.29 is 4.74 Å². The first-order valence-corrected chi connectivity index (χ1v) is 7.91. The second-order valence-electron chi connectivity index (χ2n) is 5.83. The zero-order valence-corrected chi connectivity index (χ0v) is 13.8. The number of para-hydroxylation sites is 2. The minimum atomic E-state index is 0.573. The first-order valence-electron chi connectivity index (χ1n) is 7.91. The summed E-state index contributed by atoms with van der Waals surface area (Å²) in [5.74, 6) is 1.87. The maximum atomic E-state index is 5.42. The van der Waals surface area contributed by atoms with E-state index in [0.29, 0.717) is 31.1 Å². The van der Waals surface area contributed by atoms with Crippen LogP contribution in [0.5, 0.6) is 0 Å². The van der Waals surface area contributed by atoms with Gasteiger partial charge in [0.25, 0.3) is 0 Å². The third-order valence-corrected chi connectivity index (χ3v) is 3.96. The molecule has 3 heterocycles. The summed E-state index contributed by atoms with van der Waals surface area (Å²) >= 11 is 0. The highest BCUT2D eigenvalue weighted by atomic mass is 16.5. The van der Waals surface area contributed by atoms with Gasteiger partial charge < -0.3 is 14.5 Å². The fourth-order valence-corrected chi connectivity index (χ4v) is 2.67. The molecule has 0 spiro atoms. The molecule has 0 N–H and O–H groups in total. The standard InChI is InChI=1S/C16H19N7O/c1-21(2)14-18-15(22-7-9-24-10-8-22)20-16(19-14)23-11-17-12-5-3-4-6-13(12)23/h3-6,11H,7-10H2,1-2H3. The number of fused-ring (bicyclic) bond motifs is 1. The van der Waals surface area contributed by atoms with Crippen LogP contribution in [0.3, 0.4) is 0 Å². The molecule has 8 nitrogen and oxygen atoms in total. The van der Waals surface area contributed by atoms with Crippen molar-refractivity contribution in [1.82, 2.24) is 24.5 Å². The first kappa shape index (κ1) is 14.8. The lowest BCUT2D eigenvalue weighted by Crippen LogP contribution is -2.38. The Balaban J connectivity index is 1.83. The summed E-state index contributed by atoms with van der Waals surface area (Å²) in [6, 6.07) is 7.94. The molecule has 1 aromatic carbocycles. The van der Waals surface area contributed by atoms with Crippen molar-refractivity contribution in [1.29, 1.82) is 0 Å². The van der Waals surface area contributed by atoms with Gasteiger partial charge >= 0.3 is 0 Å². The molecule has 0 aliphatic carbocycles. The van der Waals surface area contributed by atoms with Gasteiger partial charge in [0.05, 0.1) is 24.2 Å². The van der Waals surface area contributed by atoms with E-state index in [9.17, 15) is 0 Å². The molecule has 1 aliphatic heterocycles. The van der Waals surface area contributed by atoms with Crippen LogP contribution < -0.4 is 9.80 Å². The minimum absolute atomic E-state index is 0.573. The number of anilines is 2. The number of nitrogens with zero attached hydrogens (tertiary/aromatic N) is 7. The normalized spacial score (nSPS) is 15.0. The molecule has 124 valence electrons. The van der Waals surface area contributed by atoms with Crippen LogP contribution in [0.25, 0.3) is 17.0 Å². The van der Waals surface area contributed by atoms with Gasteiger partial charge in [-0.25, -0.2) is 4.98 Å². The molecule has 8 heteroatoms. The molecule has 24 heavy (non-hydrogen) atoms. The molecule has 4 rings (SSSR count). The Morgan fingerprint density at radius 1 is 1.00 bits per heavy atom. The number of hydrogen-bond acceptors (Lipinski definition) is 7. The smallest absolute Gasteiger partial charge is 0.242 e. The van der Waals surface area contributed by atoms with Crippen LogP contribution in [-0.2, 0) is 4.74 Å². The Bertz CT molecular complexity index is 855. The van der Waals surface area contributed by atoms with E-state index in [1.807, 2.05) is 47.8 Å². The van der Waals surface area contributed by atoms with Gasteiger partial charge in [-0.15, -0.1) is 0 Å². The Morgan fingerprint density at radius 2 is 1.75 bits per heavy atom. The molecule has 1 aliphatic rings. The average Bonchev–Trinajstić information content (AvgIpc) is 3.06.